The molecule has 248 valence electrons. The minimum absolute atomic E-state index is 0.861. The van der Waals surface area contributed by atoms with Crippen LogP contribution in [0.4, 0.5) is 0 Å². The van der Waals surface area contributed by atoms with Gasteiger partial charge in [-0.2, -0.15) is 0 Å². The van der Waals surface area contributed by atoms with Gasteiger partial charge in [-0.05, 0) is 38.8 Å². The van der Waals surface area contributed by atoms with Crippen LogP contribution in [0.15, 0.2) is 0 Å². The van der Waals surface area contributed by atoms with Gasteiger partial charge in [0.25, 0.3) is 0 Å². The molecule has 0 rings (SSSR count). The van der Waals surface area contributed by atoms with Crippen molar-refractivity contribution in [3.63, 3.8) is 0 Å². The van der Waals surface area contributed by atoms with Gasteiger partial charge in [0.1, 0.15) is 0 Å². The molecule has 0 aliphatic rings. The van der Waals surface area contributed by atoms with Crippen molar-refractivity contribution in [2.75, 3.05) is 13.1 Å². The van der Waals surface area contributed by atoms with Gasteiger partial charge in [-0.25, -0.2) is 0 Å². The van der Waals surface area contributed by atoms with Crippen LogP contribution in [0.3, 0.4) is 0 Å². The van der Waals surface area contributed by atoms with E-state index in [0.29, 0.717) is 0 Å². The van der Waals surface area contributed by atoms with Gasteiger partial charge in [-0.15, -0.1) is 0 Å². The third-order valence-corrected chi connectivity index (χ3v) is 9.65. The van der Waals surface area contributed by atoms with E-state index in [2.05, 4.69) is 32.6 Å². The average molecular weight is 578 g/mol. The molecule has 0 heterocycles. The van der Waals surface area contributed by atoms with Crippen LogP contribution in [0.2, 0.25) is 0 Å². The smallest absolute Gasteiger partial charge is 0.00952 e. The van der Waals surface area contributed by atoms with Crippen molar-refractivity contribution >= 4 is 0 Å². The molecule has 41 heavy (non-hydrogen) atoms. The first kappa shape index (κ1) is 41.0. The highest BCUT2D eigenvalue weighted by atomic mass is 15.1. The van der Waals surface area contributed by atoms with Crippen LogP contribution in [-0.2, 0) is 0 Å². The fourth-order valence-electron chi connectivity index (χ4n) is 6.73. The molecule has 1 unspecified atom stereocenters. The number of nitrogens with zero attached hydrogens (tertiary/aromatic N) is 1. The molecule has 0 aliphatic carbocycles. The quantitative estimate of drug-likeness (QED) is 0.0669. The summed E-state index contributed by atoms with van der Waals surface area (Å²) in [5.41, 5.74) is 0. The highest BCUT2D eigenvalue weighted by Crippen LogP contribution is 2.21. The zero-order valence-electron chi connectivity index (χ0n) is 29.8. The predicted molar refractivity (Wildman–Crippen MR) is 190 cm³/mol. The monoisotopic (exact) mass is 578 g/mol. The number of hydrogen-bond acceptors (Lipinski definition) is 1. The first-order valence-electron chi connectivity index (χ1n) is 20.0. The van der Waals surface area contributed by atoms with Gasteiger partial charge in [0, 0.05) is 6.04 Å². The van der Waals surface area contributed by atoms with Crippen molar-refractivity contribution in [3.8, 4) is 0 Å². The summed E-state index contributed by atoms with van der Waals surface area (Å²) in [6.45, 7) is 12.1. The zero-order chi connectivity index (χ0) is 29.9. The largest absolute Gasteiger partial charge is 0.300 e. The van der Waals surface area contributed by atoms with Gasteiger partial charge in [-0.3, -0.25) is 0 Å². The number of hydrogen-bond donors (Lipinski definition) is 0. The van der Waals surface area contributed by atoms with Gasteiger partial charge >= 0.3 is 0 Å². The van der Waals surface area contributed by atoms with E-state index in [1.807, 2.05) is 0 Å². The van der Waals surface area contributed by atoms with Crippen LogP contribution in [0.5, 0.6) is 0 Å². The van der Waals surface area contributed by atoms with Gasteiger partial charge in [0.15, 0.2) is 0 Å². The molecule has 0 bridgehead atoms. The Balaban J connectivity index is 4.73. The number of rotatable bonds is 36. The van der Waals surface area contributed by atoms with E-state index < -0.39 is 0 Å². The molecule has 0 N–H and O–H groups in total. The third kappa shape index (κ3) is 31.2. The van der Waals surface area contributed by atoms with Crippen molar-refractivity contribution in [3.05, 3.63) is 0 Å². The Labute approximate surface area is 263 Å². The molecule has 0 spiro atoms. The fraction of sp³-hybridized carbons (Fsp3) is 1.00. The minimum atomic E-state index is 0.861. The normalized spacial score (nSPS) is 12.5. The SMILES string of the molecule is CCCCCCCCCCC(CCCCCCCCC)N(CCCCCCCCCC)CCCCCCCCCC. The van der Waals surface area contributed by atoms with E-state index in [1.165, 1.54) is 225 Å². The summed E-state index contributed by atoms with van der Waals surface area (Å²) >= 11 is 0. The third-order valence-electron chi connectivity index (χ3n) is 9.65. The van der Waals surface area contributed by atoms with Crippen LogP contribution in [0.1, 0.15) is 240 Å². The molecule has 1 heteroatoms. The first-order valence-corrected chi connectivity index (χ1v) is 20.0. The maximum atomic E-state index is 3.02. The summed E-state index contributed by atoms with van der Waals surface area (Å²) in [4.78, 5) is 3.02. The lowest BCUT2D eigenvalue weighted by molar-refractivity contribution is 0.163. The molecular weight excluding hydrogens is 494 g/mol. The second-order valence-corrected chi connectivity index (χ2v) is 13.8. The van der Waals surface area contributed by atoms with Crippen LogP contribution >= 0.6 is 0 Å². The van der Waals surface area contributed by atoms with Crippen LogP contribution in [0.25, 0.3) is 0 Å². The second-order valence-electron chi connectivity index (χ2n) is 13.8. The van der Waals surface area contributed by atoms with E-state index >= 15 is 0 Å². The van der Waals surface area contributed by atoms with Crippen molar-refractivity contribution < 1.29 is 0 Å². The van der Waals surface area contributed by atoms with Crippen molar-refractivity contribution in [2.24, 2.45) is 0 Å². The summed E-state index contributed by atoms with van der Waals surface area (Å²) in [6, 6.07) is 0.861. The predicted octanol–water partition coefficient (Wildman–Crippen LogP) is 14.6. The zero-order valence-corrected chi connectivity index (χ0v) is 29.8. The molecule has 0 aromatic rings. The molecule has 0 amide bonds. The molecule has 0 radical (unpaired) electrons. The van der Waals surface area contributed by atoms with Crippen molar-refractivity contribution in [1.82, 2.24) is 4.90 Å². The Kier molecular flexibility index (Phi) is 36.1. The van der Waals surface area contributed by atoms with Gasteiger partial charge in [0.2, 0.25) is 0 Å². The molecule has 0 fully saturated rings. The fourth-order valence-corrected chi connectivity index (χ4v) is 6.73. The Bertz CT molecular complexity index is 426. The van der Waals surface area contributed by atoms with E-state index in [4.69, 9.17) is 0 Å². The van der Waals surface area contributed by atoms with E-state index in [-0.39, 0.29) is 0 Å². The summed E-state index contributed by atoms with van der Waals surface area (Å²) in [5, 5.41) is 0. The van der Waals surface area contributed by atoms with Crippen molar-refractivity contribution in [2.45, 2.75) is 246 Å². The van der Waals surface area contributed by atoms with Gasteiger partial charge < -0.3 is 4.90 Å². The topological polar surface area (TPSA) is 3.24 Å². The summed E-state index contributed by atoms with van der Waals surface area (Å²) in [5.74, 6) is 0. The van der Waals surface area contributed by atoms with Gasteiger partial charge in [-0.1, -0.05) is 214 Å². The first-order chi connectivity index (χ1) is 20.3. The molecule has 0 saturated heterocycles. The van der Waals surface area contributed by atoms with Crippen LogP contribution in [-0.4, -0.2) is 24.0 Å². The van der Waals surface area contributed by atoms with Crippen molar-refractivity contribution in [1.29, 1.82) is 0 Å². The standard InChI is InChI=1S/C40H83N/c1-5-9-13-17-21-25-29-33-37-40(36-32-28-24-20-16-12-8-4)41(38-34-30-26-22-18-14-10-6-2)39-35-31-27-23-19-15-11-7-3/h40H,5-39H2,1-4H3. The maximum absolute atomic E-state index is 3.02. The van der Waals surface area contributed by atoms with Gasteiger partial charge in [0.05, 0.1) is 0 Å². The van der Waals surface area contributed by atoms with E-state index in [0.717, 1.165) is 6.04 Å². The van der Waals surface area contributed by atoms with Crippen LogP contribution < -0.4 is 0 Å². The molecule has 0 aliphatic heterocycles. The lowest BCUT2D eigenvalue weighted by Crippen LogP contribution is -2.37. The molecule has 0 aromatic carbocycles. The molecule has 1 atom stereocenters. The summed E-state index contributed by atoms with van der Waals surface area (Å²) in [7, 11) is 0. The Hall–Kier alpha value is -0.0400. The number of unbranched alkanes of at least 4 members (excludes halogenated alkanes) is 27. The average Bonchev–Trinajstić information content (AvgIpc) is 2.98. The Morgan fingerprint density at radius 2 is 0.488 bits per heavy atom. The minimum Gasteiger partial charge on any atom is -0.300 e. The summed E-state index contributed by atoms with van der Waals surface area (Å²) in [6.07, 6.45) is 47.9. The Morgan fingerprint density at radius 3 is 0.756 bits per heavy atom. The molecule has 0 saturated carbocycles. The van der Waals surface area contributed by atoms with E-state index in [9.17, 15) is 0 Å². The Morgan fingerprint density at radius 1 is 0.268 bits per heavy atom. The highest BCUT2D eigenvalue weighted by Gasteiger charge is 2.17. The molecule has 0 aromatic heterocycles. The summed E-state index contributed by atoms with van der Waals surface area (Å²) < 4.78 is 0. The lowest BCUT2D eigenvalue weighted by atomic mass is 9.97. The second kappa shape index (κ2) is 36.2. The molecule has 1 nitrogen and oxygen atoms in total. The maximum Gasteiger partial charge on any atom is 0.00952 e. The van der Waals surface area contributed by atoms with E-state index in [1.54, 1.807) is 0 Å². The highest BCUT2D eigenvalue weighted by molar-refractivity contribution is 4.73. The van der Waals surface area contributed by atoms with Crippen LogP contribution in [0, 0.1) is 0 Å². The lowest BCUT2D eigenvalue weighted by Gasteiger charge is -2.32. The molecular formula is C40H83N.